The summed E-state index contributed by atoms with van der Waals surface area (Å²) in [5.41, 5.74) is -3.71. The number of carbonyl (C=O) groups excluding carboxylic acids is 5. The van der Waals surface area contributed by atoms with Crippen LogP contribution in [-0.2, 0) is 56.4 Å². The van der Waals surface area contributed by atoms with Gasteiger partial charge in [0, 0.05) is 111 Å². The first-order chi connectivity index (χ1) is 48.8. The van der Waals surface area contributed by atoms with Crippen molar-refractivity contribution < 1.29 is 131 Å². The molecule has 1 fully saturated rings. The van der Waals surface area contributed by atoms with Crippen molar-refractivity contribution in [2.24, 2.45) is 0 Å². The molecule has 6 aromatic carbocycles. The van der Waals surface area contributed by atoms with Gasteiger partial charge in [-0.1, -0.05) is 75.9 Å². The molecule has 10 rings (SSSR count). The summed E-state index contributed by atoms with van der Waals surface area (Å²) in [4.78, 5) is 56.8. The van der Waals surface area contributed by atoms with Crippen molar-refractivity contribution in [3.05, 3.63) is 207 Å². The molecule has 4 aliphatic rings. The minimum absolute atomic E-state index is 0.00477. The van der Waals surface area contributed by atoms with Crippen LogP contribution in [0.3, 0.4) is 0 Å². The van der Waals surface area contributed by atoms with E-state index >= 15 is 0 Å². The van der Waals surface area contributed by atoms with Gasteiger partial charge in [0.05, 0.1) is 59.5 Å². The fraction of sp³-hybridized carbons (Fsp3) is 0.368. The monoisotopic (exact) mass is 1930 g/mol. The number of aliphatic hydroxyl groups is 1. The summed E-state index contributed by atoms with van der Waals surface area (Å²) in [6, 6.07) is 7.41. The van der Waals surface area contributed by atoms with Gasteiger partial charge in [-0.15, -0.1) is 23.5 Å². The second-order valence-electron chi connectivity index (χ2n) is 22.2. The molecule has 6 aromatic rings. The molecule has 1 N–H and O–H groups in total. The molecular formula is C68H54Br6F20O9S2. The van der Waals surface area contributed by atoms with Crippen LogP contribution in [0.25, 0.3) is 6.08 Å². The molecule has 1 unspecified atom stereocenters. The third-order valence-corrected chi connectivity index (χ3v) is 22.5. The van der Waals surface area contributed by atoms with Gasteiger partial charge in [-0.25, -0.2) is 87.8 Å². The lowest BCUT2D eigenvalue weighted by Crippen LogP contribution is -2.27. The molecule has 574 valence electrons. The van der Waals surface area contributed by atoms with Gasteiger partial charge < -0.3 is 19.3 Å². The molecule has 0 saturated carbocycles. The summed E-state index contributed by atoms with van der Waals surface area (Å²) in [6.45, 7) is 5.66. The average molecular weight is 1940 g/mol. The number of thioether (sulfide) groups is 2. The predicted octanol–water partition coefficient (Wildman–Crippen LogP) is 23.8. The van der Waals surface area contributed by atoms with Gasteiger partial charge in [-0.05, 0) is 126 Å². The second-order valence-corrected chi connectivity index (χ2v) is 30.4. The number of esters is 3. The number of benzene rings is 6. The fourth-order valence-electron chi connectivity index (χ4n) is 10.1. The number of halogens is 26. The van der Waals surface area contributed by atoms with E-state index in [1.165, 1.54) is 18.2 Å². The van der Waals surface area contributed by atoms with Crippen LogP contribution < -0.4 is 0 Å². The highest BCUT2D eigenvalue weighted by Crippen LogP contribution is 2.57. The molecule has 0 amide bonds. The Balaban J connectivity index is 0.000000227. The van der Waals surface area contributed by atoms with Gasteiger partial charge in [0.25, 0.3) is 23.7 Å². The van der Waals surface area contributed by atoms with E-state index in [-0.39, 0.29) is 90.3 Å². The van der Waals surface area contributed by atoms with Gasteiger partial charge >= 0.3 is 17.9 Å². The standard InChI is InChI=1S/C14H15BrF2O2S2.C12H11BrF4O2.C12H11BrF2O3.C10H7BrF4O.C10H5BrF4O.C10H5BrF4/c1-2-19-13(18)3-4-14(20-5-6-21-14)9-7-11(16)12(17)8-10(9)15;1-2-19-11(18)3-4-12(16,17)7-5-9(14)10(15)6-8(7)13;1-2-18-12(17)4-3-11(16)7-5-9(14)10(15)6-8(7)13;2*11-4-3-5(12)9(13)8-7(4)6(16)1-2-10(8,14)15;11-6-4-7(12)9(13)8-5(6)2-1-3-10(8,14)15/h7-8H,2-6H2,1H3;5-6H,2-4H2,1H3;5-6H,2-4H2,1H3;3,6,16H,1-2H2;3H,1-2H2;1-2,4H,3H2. The number of rotatable bonds is 15. The van der Waals surface area contributed by atoms with Gasteiger partial charge in [0.15, 0.2) is 81.4 Å². The minimum Gasteiger partial charge on any atom is -0.466 e. The Hall–Kier alpha value is -5.05. The lowest BCUT2D eigenvalue weighted by Gasteiger charge is -2.29. The molecule has 1 saturated heterocycles. The highest BCUT2D eigenvalue weighted by molar-refractivity contribution is 9.11. The molecular weight excluding hydrogens is 1880 g/mol. The molecule has 105 heavy (non-hydrogen) atoms. The van der Waals surface area contributed by atoms with Crippen LogP contribution in [0.15, 0.2) is 87.5 Å². The topological polar surface area (TPSA) is 133 Å². The minimum atomic E-state index is -3.50. The number of aliphatic hydroxyl groups excluding tert-OH is 1. The Morgan fingerprint density at radius 2 is 0.962 bits per heavy atom. The molecule has 1 atom stereocenters. The van der Waals surface area contributed by atoms with Crippen molar-refractivity contribution in [1.82, 2.24) is 0 Å². The van der Waals surface area contributed by atoms with Crippen LogP contribution in [0.1, 0.15) is 157 Å². The van der Waals surface area contributed by atoms with Crippen molar-refractivity contribution in [2.45, 2.75) is 125 Å². The number of ether oxygens (including phenoxy) is 3. The lowest BCUT2D eigenvalue weighted by atomic mass is 9.86. The summed E-state index contributed by atoms with van der Waals surface area (Å²) in [5, 5.41) is 9.54. The first kappa shape index (κ1) is 90.6. The van der Waals surface area contributed by atoms with Crippen LogP contribution in [0.2, 0.25) is 0 Å². The molecule has 1 aliphatic heterocycles. The molecule has 9 nitrogen and oxygen atoms in total. The number of alkyl halides is 8. The third kappa shape index (κ3) is 23.5. The summed E-state index contributed by atoms with van der Waals surface area (Å²) in [6.07, 6.45) is -1.96. The van der Waals surface area contributed by atoms with E-state index in [4.69, 9.17) is 4.74 Å². The van der Waals surface area contributed by atoms with Crippen molar-refractivity contribution in [1.29, 1.82) is 0 Å². The Morgan fingerprint density at radius 1 is 0.514 bits per heavy atom. The maximum absolute atomic E-state index is 13.8. The zero-order valence-electron chi connectivity index (χ0n) is 54.1. The first-order valence-electron chi connectivity index (χ1n) is 30.5. The molecule has 3 aliphatic carbocycles. The summed E-state index contributed by atoms with van der Waals surface area (Å²) >= 11 is 21.0. The van der Waals surface area contributed by atoms with Gasteiger partial charge in [0.1, 0.15) is 0 Å². The highest BCUT2D eigenvalue weighted by atomic mass is 79.9. The second kappa shape index (κ2) is 39.0. The quantitative estimate of drug-likeness (QED) is 0.0346. The predicted molar refractivity (Wildman–Crippen MR) is 370 cm³/mol. The molecule has 0 radical (unpaired) electrons. The number of carbonyl (C=O) groups is 5. The Bertz CT molecular complexity index is 4240. The third-order valence-electron chi connectivity index (χ3n) is 15.0. The zero-order chi connectivity index (χ0) is 79.2. The number of ketones is 2. The summed E-state index contributed by atoms with van der Waals surface area (Å²) in [7, 11) is 0. The summed E-state index contributed by atoms with van der Waals surface area (Å²) in [5.74, 6) is -29.7. The van der Waals surface area contributed by atoms with Crippen LogP contribution in [-0.4, -0.2) is 65.9 Å². The maximum Gasteiger partial charge on any atom is 0.306 e. The van der Waals surface area contributed by atoms with Gasteiger partial charge in [-0.2, -0.15) is 0 Å². The molecule has 37 heteroatoms. The number of hydrogen-bond donors (Lipinski definition) is 1. The molecule has 0 aromatic heterocycles. The highest BCUT2D eigenvalue weighted by Gasteiger charge is 2.47. The van der Waals surface area contributed by atoms with E-state index < -0.39 is 187 Å². The summed E-state index contributed by atoms with van der Waals surface area (Å²) < 4.78 is 280. The number of hydrogen-bond acceptors (Lipinski definition) is 11. The Labute approximate surface area is 644 Å². The Kier molecular flexibility index (Phi) is 33.7. The van der Waals surface area contributed by atoms with E-state index in [1.54, 1.807) is 44.3 Å². The van der Waals surface area contributed by atoms with E-state index in [0.29, 0.717) is 41.3 Å². The van der Waals surface area contributed by atoms with Gasteiger partial charge in [-0.3, -0.25) is 24.0 Å². The maximum atomic E-state index is 13.8. The normalized spacial score (nSPS) is 16.1. The number of Topliss-reactive ketones (excluding diaryl/α,β-unsaturated/α-hetero) is 2. The smallest absolute Gasteiger partial charge is 0.306 e. The lowest BCUT2D eigenvalue weighted by molar-refractivity contribution is -0.145. The van der Waals surface area contributed by atoms with Crippen LogP contribution in [0.5, 0.6) is 0 Å². The molecule has 0 spiro atoms. The number of fused-ring (bicyclic) bond motifs is 3. The largest absolute Gasteiger partial charge is 0.466 e. The van der Waals surface area contributed by atoms with Gasteiger partial charge in [0.2, 0.25) is 0 Å². The Morgan fingerprint density at radius 3 is 1.52 bits per heavy atom. The van der Waals surface area contributed by atoms with Crippen molar-refractivity contribution in [3.8, 4) is 0 Å². The van der Waals surface area contributed by atoms with Crippen LogP contribution >= 0.6 is 119 Å². The van der Waals surface area contributed by atoms with Crippen molar-refractivity contribution >= 4 is 155 Å². The van der Waals surface area contributed by atoms with Crippen molar-refractivity contribution in [3.63, 3.8) is 0 Å². The number of allylic oxidation sites excluding steroid dienone is 1. The molecule has 0 bridgehead atoms. The first-order valence-corrected chi connectivity index (χ1v) is 37.2. The molecule has 1 heterocycles. The van der Waals surface area contributed by atoms with Crippen LogP contribution in [0, 0.1) is 69.8 Å². The van der Waals surface area contributed by atoms with E-state index in [0.717, 1.165) is 41.8 Å². The van der Waals surface area contributed by atoms with Crippen LogP contribution in [0.4, 0.5) is 87.8 Å². The zero-order valence-corrected chi connectivity index (χ0v) is 65.2. The SMILES string of the molecule is CCOC(=O)CCC(=O)c1cc(F)c(F)cc1Br.CCOC(=O)CCC(F)(F)c1cc(F)c(F)cc1Br.CCOC(=O)CCC1(c2cc(F)c(F)cc2Br)SCCS1.Fc1cc(Br)c2c(c1F)C(F)(F)CC=C2.O=C1CCC(F)(F)c2c(F)c(F)cc(Br)c21.OC1CCC(F)(F)c2c(F)c(F)cc(Br)c21. The fourth-order valence-corrected chi connectivity index (χ4v) is 17.3. The van der Waals surface area contributed by atoms with E-state index in [2.05, 4.69) is 105 Å². The van der Waals surface area contributed by atoms with E-state index in [9.17, 15) is 117 Å². The van der Waals surface area contributed by atoms with E-state index in [1.807, 2.05) is 0 Å². The van der Waals surface area contributed by atoms with Crippen molar-refractivity contribution in [2.75, 3.05) is 31.3 Å². The average Bonchev–Trinajstić information content (AvgIpc) is 1.24.